The van der Waals surface area contributed by atoms with Crippen LogP contribution in [-0.4, -0.2) is 9.55 Å². The van der Waals surface area contributed by atoms with Gasteiger partial charge in [-0.3, -0.25) is 0 Å². The summed E-state index contributed by atoms with van der Waals surface area (Å²) in [6.07, 6.45) is 2.45. The highest BCUT2D eigenvalue weighted by molar-refractivity contribution is 6.16. The summed E-state index contributed by atoms with van der Waals surface area (Å²) in [6.45, 7) is 4.37. The number of rotatable bonds is 3. The van der Waals surface area contributed by atoms with Crippen molar-refractivity contribution in [3.63, 3.8) is 0 Å². The number of halogens is 2. The normalized spacial score (nSPS) is 16.4. The van der Waals surface area contributed by atoms with Gasteiger partial charge in [-0.1, -0.05) is 6.07 Å². The Bertz CT molecular complexity index is 599. The minimum Gasteiger partial charge on any atom is -0.321 e. The summed E-state index contributed by atoms with van der Waals surface area (Å²) < 4.78 is 15.9. The van der Waals surface area contributed by atoms with Gasteiger partial charge >= 0.3 is 0 Å². The Labute approximate surface area is 111 Å². The predicted octanol–water partition coefficient (Wildman–Crippen LogP) is 4.06. The fraction of sp³-hybridized carbons (Fsp3) is 0.500. The molecule has 0 spiro atoms. The van der Waals surface area contributed by atoms with Gasteiger partial charge in [0, 0.05) is 5.54 Å². The first kappa shape index (κ1) is 12.0. The van der Waals surface area contributed by atoms with E-state index in [1.165, 1.54) is 18.9 Å². The van der Waals surface area contributed by atoms with Crippen LogP contribution in [-0.2, 0) is 11.4 Å². The number of benzene rings is 1. The van der Waals surface area contributed by atoms with Crippen molar-refractivity contribution in [2.45, 2.75) is 38.1 Å². The van der Waals surface area contributed by atoms with Crippen molar-refractivity contribution in [1.82, 2.24) is 9.55 Å². The molecular formula is C14H16ClFN2. The van der Waals surface area contributed by atoms with Crippen molar-refractivity contribution >= 4 is 22.6 Å². The molecule has 1 fully saturated rings. The summed E-state index contributed by atoms with van der Waals surface area (Å²) in [6, 6.07) is 5.10. The van der Waals surface area contributed by atoms with Gasteiger partial charge in [-0.05, 0) is 44.7 Å². The molecule has 0 amide bonds. The van der Waals surface area contributed by atoms with E-state index < -0.39 is 0 Å². The molecule has 3 rings (SSSR count). The maximum atomic E-state index is 13.8. The lowest BCUT2D eigenvalue weighted by atomic mass is 9.97. The number of alkyl halides is 1. The Morgan fingerprint density at radius 3 is 2.78 bits per heavy atom. The molecule has 1 aliphatic rings. The van der Waals surface area contributed by atoms with Gasteiger partial charge in [-0.25, -0.2) is 9.37 Å². The number of imidazole rings is 1. The van der Waals surface area contributed by atoms with Crippen LogP contribution >= 0.6 is 11.6 Å². The fourth-order valence-corrected chi connectivity index (χ4v) is 3.00. The molecule has 0 atom stereocenters. The minimum atomic E-state index is -0.274. The van der Waals surface area contributed by atoms with Gasteiger partial charge in [0.1, 0.15) is 11.3 Å². The smallest absolute Gasteiger partial charge is 0.151 e. The number of fused-ring (bicyclic) bond motifs is 1. The quantitative estimate of drug-likeness (QED) is 0.766. The van der Waals surface area contributed by atoms with Gasteiger partial charge in [0.2, 0.25) is 0 Å². The van der Waals surface area contributed by atoms with E-state index in [1.807, 2.05) is 6.07 Å². The summed E-state index contributed by atoms with van der Waals surface area (Å²) in [4.78, 5) is 4.36. The zero-order valence-corrected chi connectivity index (χ0v) is 11.3. The molecule has 2 aromatic rings. The van der Waals surface area contributed by atoms with Gasteiger partial charge < -0.3 is 4.57 Å². The number of nitrogens with zero attached hydrogens (tertiary/aromatic N) is 2. The largest absolute Gasteiger partial charge is 0.321 e. The van der Waals surface area contributed by atoms with Crippen molar-refractivity contribution in [2.75, 3.05) is 0 Å². The van der Waals surface area contributed by atoms with E-state index in [9.17, 15) is 4.39 Å². The monoisotopic (exact) mass is 266 g/mol. The zero-order chi connectivity index (χ0) is 12.9. The molecular weight excluding hydrogens is 251 g/mol. The summed E-state index contributed by atoms with van der Waals surface area (Å²) in [7, 11) is 0. The van der Waals surface area contributed by atoms with Crippen LogP contribution < -0.4 is 0 Å². The number of aromatic nitrogens is 2. The maximum absolute atomic E-state index is 13.8. The van der Waals surface area contributed by atoms with Crippen molar-refractivity contribution in [2.24, 2.45) is 5.92 Å². The van der Waals surface area contributed by atoms with Crippen LogP contribution in [0.4, 0.5) is 4.39 Å². The molecule has 4 heteroatoms. The van der Waals surface area contributed by atoms with Crippen LogP contribution in [0, 0.1) is 11.7 Å². The lowest BCUT2D eigenvalue weighted by molar-refractivity contribution is 0.306. The molecule has 1 saturated carbocycles. The van der Waals surface area contributed by atoms with E-state index in [4.69, 9.17) is 11.6 Å². The van der Waals surface area contributed by atoms with Crippen LogP contribution in [0.5, 0.6) is 0 Å². The molecule has 0 bridgehead atoms. The highest BCUT2D eigenvalue weighted by atomic mass is 35.5. The molecule has 1 heterocycles. The molecule has 0 radical (unpaired) electrons. The second-order valence-corrected chi connectivity index (χ2v) is 5.80. The fourth-order valence-electron chi connectivity index (χ4n) is 2.82. The van der Waals surface area contributed by atoms with E-state index in [0.717, 1.165) is 11.3 Å². The van der Waals surface area contributed by atoms with E-state index in [2.05, 4.69) is 23.4 Å². The third kappa shape index (κ3) is 1.64. The highest BCUT2D eigenvalue weighted by Gasteiger charge is 2.41. The molecule has 1 aliphatic carbocycles. The van der Waals surface area contributed by atoms with Crippen molar-refractivity contribution in [1.29, 1.82) is 0 Å². The molecule has 96 valence electrons. The second-order valence-electron chi connectivity index (χ2n) is 5.53. The van der Waals surface area contributed by atoms with Crippen molar-refractivity contribution in [3.05, 3.63) is 29.8 Å². The Balaban J connectivity index is 2.29. The second kappa shape index (κ2) is 3.95. The van der Waals surface area contributed by atoms with Crippen LogP contribution in [0.25, 0.3) is 11.0 Å². The molecule has 1 aromatic carbocycles. The summed E-state index contributed by atoms with van der Waals surface area (Å²) in [5.41, 5.74) is 1.23. The third-order valence-electron chi connectivity index (χ3n) is 3.98. The molecule has 2 nitrogen and oxygen atoms in total. The van der Waals surface area contributed by atoms with E-state index in [1.54, 1.807) is 6.07 Å². The van der Waals surface area contributed by atoms with Crippen LogP contribution in [0.2, 0.25) is 0 Å². The molecule has 0 saturated heterocycles. The Hall–Kier alpha value is -1.09. The van der Waals surface area contributed by atoms with Crippen molar-refractivity contribution < 1.29 is 4.39 Å². The van der Waals surface area contributed by atoms with Gasteiger partial charge in [-0.2, -0.15) is 0 Å². The Morgan fingerprint density at radius 2 is 2.17 bits per heavy atom. The zero-order valence-electron chi connectivity index (χ0n) is 10.6. The summed E-state index contributed by atoms with van der Waals surface area (Å²) in [5, 5.41) is 0. The van der Waals surface area contributed by atoms with Crippen molar-refractivity contribution in [3.8, 4) is 0 Å². The molecule has 0 aliphatic heterocycles. The van der Waals surface area contributed by atoms with Gasteiger partial charge in [0.25, 0.3) is 0 Å². The lowest BCUT2D eigenvalue weighted by Gasteiger charge is -2.29. The SMILES string of the molecule is CC(C)(C1CC1)n1c(CCl)nc2c(F)cccc21. The number of para-hydroxylation sites is 1. The first-order valence-corrected chi connectivity index (χ1v) is 6.81. The molecule has 1 aromatic heterocycles. The molecule has 18 heavy (non-hydrogen) atoms. The summed E-state index contributed by atoms with van der Waals surface area (Å²) in [5.74, 6) is 1.43. The van der Waals surface area contributed by atoms with E-state index in [-0.39, 0.29) is 11.4 Å². The van der Waals surface area contributed by atoms with E-state index >= 15 is 0 Å². The third-order valence-corrected chi connectivity index (χ3v) is 4.22. The lowest BCUT2D eigenvalue weighted by Crippen LogP contribution is -2.30. The van der Waals surface area contributed by atoms with Gasteiger partial charge in [-0.15, -0.1) is 11.6 Å². The minimum absolute atomic E-state index is 0.0488. The average molecular weight is 267 g/mol. The summed E-state index contributed by atoms with van der Waals surface area (Å²) >= 11 is 5.98. The highest BCUT2D eigenvalue weighted by Crippen LogP contribution is 2.45. The predicted molar refractivity (Wildman–Crippen MR) is 71.3 cm³/mol. The molecule has 0 unspecified atom stereocenters. The van der Waals surface area contributed by atoms with E-state index in [0.29, 0.717) is 17.3 Å². The standard InChI is InChI=1S/C14H16ClFN2/c1-14(2,9-6-7-9)18-11-5-3-4-10(16)13(11)17-12(18)8-15/h3-5,9H,6-8H2,1-2H3. The van der Waals surface area contributed by atoms with Gasteiger partial charge in [0.05, 0.1) is 11.4 Å². The number of hydrogen-bond donors (Lipinski definition) is 0. The van der Waals surface area contributed by atoms with Crippen LogP contribution in [0.15, 0.2) is 18.2 Å². The average Bonchev–Trinajstić information content (AvgIpc) is 3.10. The van der Waals surface area contributed by atoms with Crippen LogP contribution in [0.3, 0.4) is 0 Å². The first-order valence-electron chi connectivity index (χ1n) is 6.28. The maximum Gasteiger partial charge on any atom is 0.151 e. The Kier molecular flexibility index (Phi) is 2.63. The van der Waals surface area contributed by atoms with Gasteiger partial charge in [0.15, 0.2) is 5.82 Å². The van der Waals surface area contributed by atoms with Crippen LogP contribution in [0.1, 0.15) is 32.5 Å². The molecule has 0 N–H and O–H groups in total. The Morgan fingerprint density at radius 1 is 1.44 bits per heavy atom. The topological polar surface area (TPSA) is 17.8 Å². The number of hydrogen-bond acceptors (Lipinski definition) is 1. The first-order chi connectivity index (χ1) is 8.55.